The van der Waals surface area contributed by atoms with Gasteiger partial charge in [-0.05, 0) is 25.8 Å². The van der Waals surface area contributed by atoms with Crippen molar-refractivity contribution in [1.29, 1.82) is 0 Å². The molecule has 2 rings (SSSR count). The lowest BCUT2D eigenvalue weighted by atomic mass is 9.82. The fraction of sp³-hybridized carbons (Fsp3) is 0.900. The Hall–Kier alpha value is -0.370. The minimum absolute atomic E-state index is 0.362. The van der Waals surface area contributed by atoms with Crippen molar-refractivity contribution in [3.63, 3.8) is 0 Å². The van der Waals surface area contributed by atoms with Crippen molar-refractivity contribution in [2.24, 2.45) is 5.92 Å². The predicted octanol–water partition coefficient (Wildman–Crippen LogP) is 1.50. The standard InChI is InChI=1S/C10H17NO/c12-10-6-3-7-11-9-5-2-1-4-8(9)10/h8-9,11H,1-7H2. The van der Waals surface area contributed by atoms with Crippen molar-refractivity contribution >= 4 is 5.78 Å². The Labute approximate surface area is 73.7 Å². The summed E-state index contributed by atoms with van der Waals surface area (Å²) in [6, 6.07) is 0.522. The third-order valence-corrected chi connectivity index (χ3v) is 3.19. The van der Waals surface area contributed by atoms with Crippen LogP contribution in [0.1, 0.15) is 38.5 Å². The first-order valence-corrected chi connectivity index (χ1v) is 5.14. The lowest BCUT2D eigenvalue weighted by Crippen LogP contribution is -2.39. The molecule has 2 atom stereocenters. The third-order valence-electron chi connectivity index (χ3n) is 3.19. The molecule has 1 aliphatic heterocycles. The van der Waals surface area contributed by atoms with Gasteiger partial charge in [-0.25, -0.2) is 0 Å². The molecule has 68 valence electrons. The maximum Gasteiger partial charge on any atom is 0.137 e. The van der Waals surface area contributed by atoms with Gasteiger partial charge in [0.15, 0.2) is 0 Å². The van der Waals surface area contributed by atoms with Gasteiger partial charge in [0, 0.05) is 18.4 Å². The van der Waals surface area contributed by atoms with E-state index in [4.69, 9.17) is 0 Å². The van der Waals surface area contributed by atoms with Crippen LogP contribution in [0.15, 0.2) is 0 Å². The van der Waals surface area contributed by atoms with E-state index in [1.807, 2.05) is 0 Å². The monoisotopic (exact) mass is 167 g/mol. The second kappa shape index (κ2) is 3.56. The van der Waals surface area contributed by atoms with Crippen molar-refractivity contribution < 1.29 is 4.79 Å². The molecule has 2 fully saturated rings. The summed E-state index contributed by atoms with van der Waals surface area (Å²) in [7, 11) is 0. The minimum Gasteiger partial charge on any atom is -0.313 e. The molecule has 2 heteroatoms. The van der Waals surface area contributed by atoms with E-state index >= 15 is 0 Å². The zero-order valence-corrected chi connectivity index (χ0v) is 7.51. The number of ketones is 1. The molecule has 12 heavy (non-hydrogen) atoms. The van der Waals surface area contributed by atoms with Crippen molar-refractivity contribution in [3.8, 4) is 0 Å². The molecule has 0 spiro atoms. The number of Topliss-reactive ketones (excluding diaryl/α,β-unsaturated/α-hetero) is 1. The summed E-state index contributed by atoms with van der Waals surface area (Å²) in [6.45, 7) is 1.05. The van der Waals surface area contributed by atoms with Crippen molar-refractivity contribution in [2.75, 3.05) is 6.54 Å². The van der Waals surface area contributed by atoms with Crippen LogP contribution >= 0.6 is 0 Å². The van der Waals surface area contributed by atoms with Gasteiger partial charge in [-0.3, -0.25) is 4.79 Å². The van der Waals surface area contributed by atoms with Gasteiger partial charge < -0.3 is 5.32 Å². The molecule has 0 aromatic heterocycles. The zero-order chi connectivity index (χ0) is 8.39. The second-order valence-corrected chi connectivity index (χ2v) is 4.02. The van der Waals surface area contributed by atoms with E-state index in [0.717, 1.165) is 25.8 Å². The van der Waals surface area contributed by atoms with Crippen LogP contribution in [-0.4, -0.2) is 18.4 Å². The molecular weight excluding hydrogens is 150 g/mol. The molecule has 1 N–H and O–H groups in total. The Morgan fingerprint density at radius 1 is 1.17 bits per heavy atom. The number of nitrogens with one attached hydrogen (secondary N) is 1. The zero-order valence-electron chi connectivity index (χ0n) is 7.51. The Kier molecular flexibility index (Phi) is 2.45. The number of hydrogen-bond acceptors (Lipinski definition) is 2. The van der Waals surface area contributed by atoms with Gasteiger partial charge in [0.05, 0.1) is 0 Å². The summed E-state index contributed by atoms with van der Waals surface area (Å²) in [4.78, 5) is 11.6. The largest absolute Gasteiger partial charge is 0.313 e. The molecule has 1 saturated heterocycles. The molecule has 0 radical (unpaired) electrons. The maximum atomic E-state index is 11.6. The average Bonchev–Trinajstić information content (AvgIpc) is 2.29. The van der Waals surface area contributed by atoms with E-state index in [-0.39, 0.29) is 0 Å². The van der Waals surface area contributed by atoms with Crippen molar-refractivity contribution in [1.82, 2.24) is 5.32 Å². The van der Waals surface area contributed by atoms with Crippen molar-refractivity contribution in [3.05, 3.63) is 0 Å². The minimum atomic E-state index is 0.362. The van der Waals surface area contributed by atoms with E-state index in [1.54, 1.807) is 0 Å². The van der Waals surface area contributed by atoms with E-state index in [9.17, 15) is 4.79 Å². The van der Waals surface area contributed by atoms with Gasteiger partial charge in [0.25, 0.3) is 0 Å². The highest BCUT2D eigenvalue weighted by Gasteiger charge is 2.31. The molecule has 2 unspecified atom stereocenters. The maximum absolute atomic E-state index is 11.6. The van der Waals surface area contributed by atoms with E-state index < -0.39 is 0 Å². The van der Waals surface area contributed by atoms with Crippen LogP contribution in [-0.2, 0) is 4.79 Å². The van der Waals surface area contributed by atoms with Gasteiger partial charge in [0.2, 0.25) is 0 Å². The molecule has 0 aromatic carbocycles. The Morgan fingerprint density at radius 3 is 2.92 bits per heavy atom. The van der Waals surface area contributed by atoms with Crippen LogP contribution < -0.4 is 5.32 Å². The third kappa shape index (κ3) is 1.53. The lowest BCUT2D eigenvalue weighted by molar-refractivity contribution is -0.124. The Bertz CT molecular complexity index is 179. The van der Waals surface area contributed by atoms with E-state index in [2.05, 4.69) is 5.32 Å². The van der Waals surface area contributed by atoms with Crippen LogP contribution in [0, 0.1) is 5.92 Å². The molecule has 0 bridgehead atoms. The Morgan fingerprint density at radius 2 is 2.00 bits per heavy atom. The normalized spacial score (nSPS) is 37.2. The second-order valence-electron chi connectivity index (χ2n) is 4.02. The molecule has 1 saturated carbocycles. The first-order valence-electron chi connectivity index (χ1n) is 5.14. The number of fused-ring (bicyclic) bond motifs is 1. The van der Waals surface area contributed by atoms with E-state index in [1.165, 1.54) is 19.3 Å². The molecular formula is C10H17NO. The highest BCUT2D eigenvalue weighted by atomic mass is 16.1. The number of hydrogen-bond donors (Lipinski definition) is 1. The summed E-state index contributed by atoms with van der Waals surface area (Å²) in [5.74, 6) is 0.881. The van der Waals surface area contributed by atoms with Crippen LogP contribution in [0.4, 0.5) is 0 Å². The highest BCUT2D eigenvalue weighted by molar-refractivity contribution is 5.82. The van der Waals surface area contributed by atoms with E-state index in [0.29, 0.717) is 17.7 Å². The average molecular weight is 167 g/mol. The SMILES string of the molecule is O=C1CCCNC2CCCCC12. The molecule has 2 nitrogen and oxygen atoms in total. The number of carbonyl (C=O) groups is 1. The van der Waals surface area contributed by atoms with Crippen LogP contribution in [0.2, 0.25) is 0 Å². The van der Waals surface area contributed by atoms with Gasteiger partial charge in [0.1, 0.15) is 5.78 Å². The fourth-order valence-corrected chi connectivity index (χ4v) is 2.50. The van der Waals surface area contributed by atoms with Crippen LogP contribution in [0.25, 0.3) is 0 Å². The Balaban J connectivity index is 2.06. The number of carbonyl (C=O) groups excluding carboxylic acids is 1. The van der Waals surface area contributed by atoms with Crippen LogP contribution in [0.3, 0.4) is 0 Å². The van der Waals surface area contributed by atoms with Gasteiger partial charge >= 0.3 is 0 Å². The summed E-state index contributed by atoms with van der Waals surface area (Å²) in [5.41, 5.74) is 0. The van der Waals surface area contributed by atoms with Crippen LogP contribution in [0.5, 0.6) is 0 Å². The van der Waals surface area contributed by atoms with Gasteiger partial charge in [-0.1, -0.05) is 12.8 Å². The molecule has 2 aliphatic rings. The summed E-state index contributed by atoms with van der Waals surface area (Å²) < 4.78 is 0. The first kappa shape index (κ1) is 8.24. The molecule has 1 aliphatic carbocycles. The number of rotatable bonds is 0. The van der Waals surface area contributed by atoms with Gasteiger partial charge in [-0.15, -0.1) is 0 Å². The topological polar surface area (TPSA) is 29.1 Å². The highest BCUT2D eigenvalue weighted by Crippen LogP contribution is 2.27. The summed E-state index contributed by atoms with van der Waals surface area (Å²) >= 11 is 0. The summed E-state index contributed by atoms with van der Waals surface area (Å²) in [6.07, 6.45) is 6.78. The lowest BCUT2D eigenvalue weighted by Gasteiger charge is -2.29. The molecule has 1 heterocycles. The molecule has 0 aromatic rings. The predicted molar refractivity (Wildman–Crippen MR) is 48.0 cm³/mol. The smallest absolute Gasteiger partial charge is 0.137 e. The first-order chi connectivity index (χ1) is 5.88. The van der Waals surface area contributed by atoms with Crippen molar-refractivity contribution in [2.45, 2.75) is 44.6 Å². The fourth-order valence-electron chi connectivity index (χ4n) is 2.50. The molecule has 0 amide bonds. The summed E-state index contributed by atoms with van der Waals surface area (Å²) in [5, 5.41) is 3.49. The quantitative estimate of drug-likeness (QED) is 0.592. The van der Waals surface area contributed by atoms with Gasteiger partial charge in [-0.2, -0.15) is 0 Å².